The Balaban J connectivity index is 1.63. The van der Waals surface area contributed by atoms with E-state index < -0.39 is 0 Å². The average molecular weight is 317 g/mol. The minimum absolute atomic E-state index is 0.164. The number of hydrogen-bond acceptors (Lipinski definition) is 4. The first-order valence-corrected chi connectivity index (χ1v) is 8.69. The van der Waals surface area contributed by atoms with Gasteiger partial charge in [0, 0.05) is 18.9 Å². The molecule has 0 bridgehead atoms. The van der Waals surface area contributed by atoms with Crippen LogP contribution >= 0.6 is 0 Å². The van der Waals surface area contributed by atoms with E-state index in [0.717, 1.165) is 12.8 Å². The molecule has 4 heteroatoms. The van der Waals surface area contributed by atoms with Crippen molar-refractivity contribution < 1.29 is 14.3 Å². The average Bonchev–Trinajstić information content (AvgIpc) is 2.55. The lowest BCUT2D eigenvalue weighted by atomic mass is 10.0. The van der Waals surface area contributed by atoms with Crippen LogP contribution in [0.5, 0.6) is 5.75 Å². The summed E-state index contributed by atoms with van der Waals surface area (Å²) in [6.07, 6.45) is 7.86. The van der Waals surface area contributed by atoms with E-state index in [-0.39, 0.29) is 11.8 Å². The number of esters is 1. The predicted octanol–water partition coefficient (Wildman–Crippen LogP) is 3.84. The summed E-state index contributed by atoms with van der Waals surface area (Å²) in [6.45, 7) is 5.02. The number of hydrogen-bond donors (Lipinski definition) is 0. The third-order valence-corrected chi connectivity index (χ3v) is 4.26. The maximum absolute atomic E-state index is 12.1. The first kappa shape index (κ1) is 17.7. The molecule has 1 aromatic carbocycles. The minimum Gasteiger partial charge on any atom is -0.427 e. The summed E-state index contributed by atoms with van der Waals surface area (Å²) in [4.78, 5) is 25.5. The zero-order valence-electron chi connectivity index (χ0n) is 14.1. The third-order valence-electron chi connectivity index (χ3n) is 4.26. The molecule has 0 saturated carbocycles. The molecule has 1 heterocycles. The molecule has 0 N–H and O–H groups in total. The van der Waals surface area contributed by atoms with Crippen molar-refractivity contribution in [2.24, 2.45) is 0 Å². The Morgan fingerprint density at radius 1 is 1.00 bits per heavy atom. The lowest BCUT2D eigenvalue weighted by Gasteiger charge is -2.26. The van der Waals surface area contributed by atoms with E-state index in [1.54, 1.807) is 24.3 Å². The first-order chi connectivity index (χ1) is 11.1. The van der Waals surface area contributed by atoms with E-state index in [2.05, 4.69) is 4.90 Å². The molecular formula is C19H27NO3. The van der Waals surface area contributed by atoms with Gasteiger partial charge in [-0.2, -0.15) is 0 Å². The number of ether oxygens (including phenoxy) is 1. The van der Waals surface area contributed by atoms with E-state index in [1.807, 2.05) is 0 Å². The normalized spacial score (nSPS) is 15.3. The maximum atomic E-state index is 12.1. The molecule has 0 radical (unpaired) electrons. The van der Waals surface area contributed by atoms with Crippen LogP contribution in [0.1, 0.15) is 62.2 Å². The van der Waals surface area contributed by atoms with Crippen molar-refractivity contribution in [3.05, 3.63) is 29.8 Å². The summed E-state index contributed by atoms with van der Waals surface area (Å²) in [5, 5.41) is 0. The van der Waals surface area contributed by atoms with Gasteiger partial charge in [0.05, 0.1) is 0 Å². The minimum atomic E-state index is -0.349. The second-order valence-electron chi connectivity index (χ2n) is 6.25. The highest BCUT2D eigenvalue weighted by Gasteiger charge is 2.10. The van der Waals surface area contributed by atoms with Gasteiger partial charge in [0.15, 0.2) is 5.78 Å². The van der Waals surface area contributed by atoms with Crippen LogP contribution in [0.4, 0.5) is 0 Å². The van der Waals surface area contributed by atoms with E-state index >= 15 is 0 Å². The van der Waals surface area contributed by atoms with Crippen LogP contribution in [0.3, 0.4) is 0 Å². The van der Waals surface area contributed by atoms with Gasteiger partial charge >= 0.3 is 5.97 Å². The molecule has 2 rings (SSSR count). The van der Waals surface area contributed by atoms with Crippen molar-refractivity contribution in [3.8, 4) is 5.75 Å². The molecule has 126 valence electrons. The molecular weight excluding hydrogens is 290 g/mol. The Kier molecular flexibility index (Phi) is 7.27. The zero-order valence-corrected chi connectivity index (χ0v) is 14.1. The van der Waals surface area contributed by atoms with Crippen LogP contribution in [-0.4, -0.2) is 36.3 Å². The molecule has 23 heavy (non-hydrogen) atoms. The Labute approximate surface area is 138 Å². The lowest BCUT2D eigenvalue weighted by molar-refractivity contribution is -0.131. The molecule has 0 amide bonds. The Bertz CT molecular complexity index is 504. The van der Waals surface area contributed by atoms with Crippen LogP contribution in [0.2, 0.25) is 0 Å². The predicted molar refractivity (Wildman–Crippen MR) is 90.8 cm³/mol. The Hall–Kier alpha value is -1.68. The van der Waals surface area contributed by atoms with Crippen molar-refractivity contribution in [1.82, 2.24) is 4.90 Å². The van der Waals surface area contributed by atoms with Crippen LogP contribution in [0.25, 0.3) is 0 Å². The number of nitrogens with zero attached hydrogens (tertiary/aromatic N) is 1. The summed E-state index contributed by atoms with van der Waals surface area (Å²) in [5.74, 6) is 0.297. The van der Waals surface area contributed by atoms with E-state index in [9.17, 15) is 9.59 Å². The molecule has 0 spiro atoms. The molecule has 0 aromatic heterocycles. The molecule has 1 aromatic rings. The van der Waals surface area contributed by atoms with Gasteiger partial charge in [-0.1, -0.05) is 12.8 Å². The van der Waals surface area contributed by atoms with Crippen molar-refractivity contribution in [3.63, 3.8) is 0 Å². The monoisotopic (exact) mass is 317 g/mol. The number of ketones is 1. The van der Waals surface area contributed by atoms with Crippen LogP contribution < -0.4 is 4.74 Å². The fourth-order valence-electron chi connectivity index (χ4n) is 3.00. The van der Waals surface area contributed by atoms with Crippen LogP contribution in [0.15, 0.2) is 24.3 Å². The first-order valence-electron chi connectivity index (χ1n) is 8.69. The smallest absolute Gasteiger partial charge is 0.308 e. The molecule has 4 nitrogen and oxygen atoms in total. The van der Waals surface area contributed by atoms with Gasteiger partial charge in [0.1, 0.15) is 5.75 Å². The van der Waals surface area contributed by atoms with Gasteiger partial charge in [-0.05, 0) is 69.6 Å². The number of Topliss-reactive ketones (excluding diaryl/α,β-unsaturated/α-hetero) is 1. The van der Waals surface area contributed by atoms with Gasteiger partial charge in [0.25, 0.3) is 0 Å². The molecule has 0 unspecified atom stereocenters. The number of carbonyl (C=O) groups is 2. The van der Waals surface area contributed by atoms with Crippen molar-refractivity contribution in [1.29, 1.82) is 0 Å². The van der Waals surface area contributed by atoms with Crippen LogP contribution in [-0.2, 0) is 4.79 Å². The Morgan fingerprint density at radius 2 is 1.70 bits per heavy atom. The fraction of sp³-hybridized carbons (Fsp3) is 0.579. The Morgan fingerprint density at radius 3 is 2.35 bits per heavy atom. The maximum Gasteiger partial charge on any atom is 0.308 e. The lowest BCUT2D eigenvalue weighted by Crippen LogP contribution is -2.30. The van der Waals surface area contributed by atoms with Gasteiger partial charge in [-0.15, -0.1) is 0 Å². The van der Waals surface area contributed by atoms with Gasteiger partial charge < -0.3 is 9.64 Å². The van der Waals surface area contributed by atoms with E-state index in [4.69, 9.17) is 4.74 Å². The standard InChI is InChI=1S/C19H27NO3/c1-16(21)23-18-11-9-17(10-12-18)19(22)8-4-2-5-13-20-14-6-3-7-15-20/h9-12H,2-8,13-15H2,1H3. The highest BCUT2D eigenvalue weighted by atomic mass is 16.5. The number of likely N-dealkylation sites (tertiary alicyclic amines) is 1. The van der Waals surface area contributed by atoms with E-state index in [0.29, 0.717) is 17.7 Å². The molecule has 1 aliphatic rings. The summed E-state index contributed by atoms with van der Waals surface area (Å²) in [7, 11) is 0. The molecule has 1 fully saturated rings. The molecule has 0 atom stereocenters. The third kappa shape index (κ3) is 6.53. The summed E-state index contributed by atoms with van der Waals surface area (Å²) in [6, 6.07) is 6.80. The van der Waals surface area contributed by atoms with Crippen molar-refractivity contribution >= 4 is 11.8 Å². The highest BCUT2D eigenvalue weighted by molar-refractivity contribution is 5.96. The summed E-state index contributed by atoms with van der Waals surface area (Å²) in [5.41, 5.74) is 0.692. The number of rotatable bonds is 8. The largest absolute Gasteiger partial charge is 0.427 e. The molecule has 1 saturated heterocycles. The summed E-state index contributed by atoms with van der Waals surface area (Å²) >= 11 is 0. The number of unbranched alkanes of at least 4 members (excludes halogenated alkanes) is 2. The highest BCUT2D eigenvalue weighted by Crippen LogP contribution is 2.15. The summed E-state index contributed by atoms with van der Waals surface area (Å²) < 4.78 is 4.96. The second kappa shape index (κ2) is 9.46. The van der Waals surface area contributed by atoms with Gasteiger partial charge in [-0.25, -0.2) is 0 Å². The SMILES string of the molecule is CC(=O)Oc1ccc(C(=O)CCCCCN2CCCCC2)cc1. The van der Waals surface area contributed by atoms with Gasteiger partial charge in [-0.3, -0.25) is 9.59 Å². The second-order valence-corrected chi connectivity index (χ2v) is 6.25. The number of benzene rings is 1. The van der Waals surface area contributed by atoms with Crippen molar-refractivity contribution in [2.75, 3.05) is 19.6 Å². The fourth-order valence-corrected chi connectivity index (χ4v) is 3.00. The quantitative estimate of drug-likeness (QED) is 0.316. The number of piperidine rings is 1. The topological polar surface area (TPSA) is 46.6 Å². The van der Waals surface area contributed by atoms with Gasteiger partial charge in [0.2, 0.25) is 0 Å². The molecule has 0 aliphatic carbocycles. The van der Waals surface area contributed by atoms with Crippen molar-refractivity contribution in [2.45, 2.75) is 51.9 Å². The zero-order chi connectivity index (χ0) is 16.5. The molecule has 1 aliphatic heterocycles. The number of carbonyl (C=O) groups excluding carboxylic acids is 2. The van der Waals surface area contributed by atoms with Crippen LogP contribution in [0, 0.1) is 0 Å². The van der Waals surface area contributed by atoms with E-state index in [1.165, 1.54) is 52.2 Å².